The third kappa shape index (κ3) is 4.02. The number of carbonyl (C=O) groups excluding carboxylic acids is 1. The van der Waals surface area contributed by atoms with Gasteiger partial charge in [0.15, 0.2) is 0 Å². The molecule has 3 atom stereocenters. The molecule has 172 valence electrons. The number of fused-ring (bicyclic) bond motifs is 2. The van der Waals surface area contributed by atoms with Crippen LogP contribution < -0.4 is 15.0 Å². The number of aromatic nitrogens is 1. The van der Waals surface area contributed by atoms with Gasteiger partial charge in [0.1, 0.15) is 23.5 Å². The molecule has 2 aliphatic heterocycles. The average molecular weight is 450 g/mol. The van der Waals surface area contributed by atoms with Crippen LogP contribution in [0.1, 0.15) is 37.3 Å². The van der Waals surface area contributed by atoms with E-state index < -0.39 is 0 Å². The number of benzene rings is 1. The molecule has 1 N–H and O–H groups in total. The van der Waals surface area contributed by atoms with Gasteiger partial charge in [0.25, 0.3) is 0 Å². The predicted octanol–water partition coefficient (Wildman–Crippen LogP) is 2.81. The number of pyridine rings is 1. The molecule has 3 fully saturated rings. The number of ether oxygens (including phenoxy) is 1. The molecule has 1 aromatic heterocycles. The Morgan fingerprint density at radius 1 is 1.33 bits per heavy atom. The highest BCUT2D eigenvalue weighted by Gasteiger charge is 2.48. The van der Waals surface area contributed by atoms with Gasteiger partial charge in [-0.3, -0.25) is 10.1 Å². The van der Waals surface area contributed by atoms with E-state index in [1.165, 1.54) is 19.2 Å². The standard InChI is InChI=1S/C25H28FN5O2/c1-16-7-20-14-30(15-22(16)31(20)23-4-3-17(11-27)12-28-23)24(32)13-29-25(5-6-25)18-8-19(26)10-21(9-18)33-2/h3-4,8-10,12,16,20,22,29H,5-7,13-15H2,1-2H3/t16-,20?,22?/m0/s1. The lowest BCUT2D eigenvalue weighted by molar-refractivity contribution is -0.131. The number of anilines is 1. The molecule has 3 heterocycles. The lowest BCUT2D eigenvalue weighted by Crippen LogP contribution is -2.58. The minimum atomic E-state index is -0.356. The normalized spacial score (nSPS) is 25.0. The summed E-state index contributed by atoms with van der Waals surface area (Å²) in [6, 6.07) is 11.0. The van der Waals surface area contributed by atoms with Crippen LogP contribution in [0, 0.1) is 23.1 Å². The van der Waals surface area contributed by atoms with Gasteiger partial charge in [0.05, 0.1) is 25.3 Å². The quantitative estimate of drug-likeness (QED) is 0.731. The van der Waals surface area contributed by atoms with E-state index in [4.69, 9.17) is 10.00 Å². The summed E-state index contributed by atoms with van der Waals surface area (Å²) in [5.41, 5.74) is 1.02. The van der Waals surface area contributed by atoms with Gasteiger partial charge in [0.2, 0.25) is 5.91 Å². The second-order valence-electron chi connectivity index (χ2n) is 9.47. The second-order valence-corrected chi connectivity index (χ2v) is 9.47. The molecule has 2 unspecified atom stereocenters. The average Bonchev–Trinajstić information content (AvgIpc) is 3.59. The first-order valence-corrected chi connectivity index (χ1v) is 11.4. The zero-order valence-electron chi connectivity index (χ0n) is 18.9. The monoisotopic (exact) mass is 449 g/mol. The molecule has 2 aromatic rings. The van der Waals surface area contributed by atoms with Crippen molar-refractivity contribution in [1.29, 1.82) is 5.26 Å². The minimum absolute atomic E-state index is 0.0705. The molecule has 8 heteroatoms. The Morgan fingerprint density at radius 3 is 2.79 bits per heavy atom. The van der Waals surface area contributed by atoms with Crippen LogP contribution in [0.5, 0.6) is 5.75 Å². The Balaban J connectivity index is 1.25. The van der Waals surface area contributed by atoms with Gasteiger partial charge in [-0.25, -0.2) is 9.37 Å². The first-order chi connectivity index (χ1) is 15.9. The summed E-state index contributed by atoms with van der Waals surface area (Å²) in [7, 11) is 1.53. The molecule has 2 bridgehead atoms. The van der Waals surface area contributed by atoms with Crippen LogP contribution in [0.2, 0.25) is 0 Å². The molecule has 2 saturated heterocycles. The summed E-state index contributed by atoms with van der Waals surface area (Å²) in [6.07, 6.45) is 4.36. The summed E-state index contributed by atoms with van der Waals surface area (Å²) >= 11 is 0. The molecule has 1 amide bonds. The molecule has 0 spiro atoms. The van der Waals surface area contributed by atoms with Gasteiger partial charge in [-0.1, -0.05) is 6.92 Å². The van der Waals surface area contributed by atoms with Crippen molar-refractivity contribution in [2.45, 2.75) is 43.8 Å². The number of amides is 1. The summed E-state index contributed by atoms with van der Waals surface area (Å²) in [5.74, 6) is 1.55. The fraction of sp³-hybridized carbons (Fsp3) is 0.480. The first kappa shape index (κ1) is 21.7. The topological polar surface area (TPSA) is 81.5 Å². The number of nitriles is 1. The van der Waals surface area contributed by atoms with Crippen LogP contribution in [0.15, 0.2) is 36.5 Å². The van der Waals surface area contributed by atoms with Crippen molar-refractivity contribution in [3.8, 4) is 11.8 Å². The Kier molecular flexibility index (Phi) is 5.45. The third-order valence-corrected chi connectivity index (χ3v) is 7.37. The van der Waals surface area contributed by atoms with Crippen molar-refractivity contribution < 1.29 is 13.9 Å². The number of carbonyl (C=O) groups is 1. The number of rotatable bonds is 6. The largest absolute Gasteiger partial charge is 0.497 e. The number of hydrogen-bond acceptors (Lipinski definition) is 6. The SMILES string of the molecule is COc1cc(F)cc(C2(NCC(=O)N3CC4C[C@H](C)C(C3)N4c3ccc(C#N)cn3)CC2)c1. The highest BCUT2D eigenvalue weighted by atomic mass is 19.1. The van der Waals surface area contributed by atoms with E-state index in [0.29, 0.717) is 30.3 Å². The highest BCUT2D eigenvalue weighted by Crippen LogP contribution is 2.46. The van der Waals surface area contributed by atoms with E-state index in [1.54, 1.807) is 12.3 Å². The summed E-state index contributed by atoms with van der Waals surface area (Å²) in [5, 5.41) is 12.4. The number of hydrogen-bond donors (Lipinski definition) is 1. The van der Waals surface area contributed by atoms with Gasteiger partial charge in [0, 0.05) is 36.9 Å². The van der Waals surface area contributed by atoms with Crippen LogP contribution in [0.3, 0.4) is 0 Å². The lowest BCUT2D eigenvalue weighted by Gasteiger charge is -2.42. The first-order valence-electron chi connectivity index (χ1n) is 11.4. The zero-order chi connectivity index (χ0) is 23.2. The Bertz CT molecular complexity index is 1090. The van der Waals surface area contributed by atoms with Gasteiger partial charge < -0.3 is 14.5 Å². The molecule has 1 aromatic carbocycles. The maximum atomic E-state index is 14.0. The van der Waals surface area contributed by atoms with Crippen molar-refractivity contribution in [2.24, 2.45) is 5.92 Å². The van der Waals surface area contributed by atoms with Crippen LogP contribution in [0.25, 0.3) is 0 Å². The molecular weight excluding hydrogens is 421 g/mol. The number of nitrogens with one attached hydrogen (secondary N) is 1. The molecule has 3 aliphatic rings. The molecule has 33 heavy (non-hydrogen) atoms. The number of piperazine rings is 1. The highest BCUT2D eigenvalue weighted by molar-refractivity contribution is 5.79. The van der Waals surface area contributed by atoms with Crippen molar-refractivity contribution >= 4 is 11.7 Å². The molecule has 1 saturated carbocycles. The number of methoxy groups -OCH3 is 1. The van der Waals surface area contributed by atoms with E-state index in [9.17, 15) is 9.18 Å². The molecule has 0 radical (unpaired) electrons. The summed E-state index contributed by atoms with van der Waals surface area (Å²) in [6.45, 7) is 3.76. The third-order valence-electron chi connectivity index (χ3n) is 7.37. The van der Waals surface area contributed by atoms with Crippen molar-refractivity contribution in [3.05, 3.63) is 53.5 Å². The molecule has 7 nitrogen and oxygen atoms in total. The fourth-order valence-electron chi connectivity index (χ4n) is 5.40. The van der Waals surface area contributed by atoms with Gasteiger partial charge in [-0.2, -0.15) is 5.26 Å². The van der Waals surface area contributed by atoms with Gasteiger partial charge >= 0.3 is 0 Å². The van der Waals surface area contributed by atoms with Gasteiger partial charge in [-0.15, -0.1) is 0 Å². The van der Waals surface area contributed by atoms with Crippen molar-refractivity contribution in [3.63, 3.8) is 0 Å². The number of likely N-dealkylation sites (tertiary alicyclic amines) is 1. The smallest absolute Gasteiger partial charge is 0.236 e. The Morgan fingerprint density at radius 2 is 2.15 bits per heavy atom. The summed E-state index contributed by atoms with van der Waals surface area (Å²) in [4.78, 5) is 21.9. The maximum absolute atomic E-state index is 14.0. The lowest BCUT2D eigenvalue weighted by atomic mass is 10.0. The number of halogens is 1. The number of nitrogens with zero attached hydrogens (tertiary/aromatic N) is 4. The zero-order valence-corrected chi connectivity index (χ0v) is 18.9. The second kappa shape index (κ2) is 8.31. The van der Waals surface area contributed by atoms with Crippen LogP contribution >= 0.6 is 0 Å². The van der Waals surface area contributed by atoms with Crippen molar-refractivity contribution in [1.82, 2.24) is 15.2 Å². The van der Waals surface area contributed by atoms with E-state index in [2.05, 4.69) is 28.2 Å². The fourth-order valence-corrected chi connectivity index (χ4v) is 5.40. The van der Waals surface area contributed by atoms with Crippen LogP contribution in [0.4, 0.5) is 10.2 Å². The van der Waals surface area contributed by atoms with Gasteiger partial charge in [-0.05, 0) is 55.0 Å². The molecule has 1 aliphatic carbocycles. The maximum Gasteiger partial charge on any atom is 0.236 e. The Hall–Kier alpha value is -3.18. The van der Waals surface area contributed by atoms with Crippen LogP contribution in [-0.4, -0.2) is 54.6 Å². The summed E-state index contributed by atoms with van der Waals surface area (Å²) < 4.78 is 19.2. The van der Waals surface area contributed by atoms with Crippen LogP contribution in [-0.2, 0) is 10.3 Å². The minimum Gasteiger partial charge on any atom is -0.497 e. The van der Waals surface area contributed by atoms with Crippen molar-refractivity contribution in [2.75, 3.05) is 31.6 Å². The van der Waals surface area contributed by atoms with E-state index >= 15 is 0 Å². The molecule has 5 rings (SSSR count). The Labute approximate surface area is 193 Å². The molecular formula is C25H28FN5O2. The van der Waals surface area contributed by atoms with E-state index in [0.717, 1.165) is 30.6 Å². The van der Waals surface area contributed by atoms with E-state index in [1.807, 2.05) is 17.0 Å². The predicted molar refractivity (Wildman–Crippen MR) is 121 cm³/mol. The van der Waals surface area contributed by atoms with E-state index in [-0.39, 0.29) is 35.9 Å².